The lowest BCUT2D eigenvalue weighted by atomic mass is 10.3. The van der Waals surface area contributed by atoms with Gasteiger partial charge in [-0.15, -0.1) is 0 Å². The predicted molar refractivity (Wildman–Crippen MR) is 118 cm³/mol. The van der Waals surface area contributed by atoms with Crippen LogP contribution in [0.25, 0.3) is 5.65 Å². The van der Waals surface area contributed by atoms with E-state index in [2.05, 4.69) is 35.5 Å². The van der Waals surface area contributed by atoms with Gasteiger partial charge in [0.2, 0.25) is 5.95 Å². The first kappa shape index (κ1) is 19.6. The molecule has 162 valence electrons. The van der Waals surface area contributed by atoms with Crippen molar-refractivity contribution in [1.82, 2.24) is 24.3 Å². The largest absolute Gasteiger partial charge is 0.378 e. The molecule has 12 heteroatoms. The van der Waals surface area contributed by atoms with E-state index in [0.717, 1.165) is 11.3 Å². The minimum Gasteiger partial charge on any atom is -0.378 e. The zero-order chi connectivity index (χ0) is 21.9. The molecule has 0 bridgehead atoms. The number of nitro groups is 1. The third kappa shape index (κ3) is 4.25. The first-order valence-corrected chi connectivity index (χ1v) is 9.93. The van der Waals surface area contributed by atoms with Gasteiger partial charge >= 0.3 is 0 Å². The lowest BCUT2D eigenvalue weighted by Gasteiger charge is -2.28. The Balaban J connectivity index is 1.47. The monoisotopic (exact) mass is 433 g/mol. The van der Waals surface area contributed by atoms with Gasteiger partial charge in [0.1, 0.15) is 23.1 Å². The van der Waals surface area contributed by atoms with E-state index in [0.29, 0.717) is 37.9 Å². The van der Waals surface area contributed by atoms with E-state index in [1.807, 2.05) is 35.0 Å². The number of hydrogen-bond donors (Lipinski definition) is 2. The van der Waals surface area contributed by atoms with Crippen LogP contribution in [0, 0.1) is 10.1 Å². The summed E-state index contributed by atoms with van der Waals surface area (Å²) >= 11 is 0. The maximum atomic E-state index is 11.1. The van der Waals surface area contributed by atoms with Crippen molar-refractivity contribution in [2.24, 2.45) is 0 Å². The number of imidazole rings is 1. The van der Waals surface area contributed by atoms with Crippen LogP contribution in [-0.2, 0) is 4.74 Å². The summed E-state index contributed by atoms with van der Waals surface area (Å²) in [6, 6.07) is 8.35. The number of nitrogens with zero attached hydrogens (tertiary/aromatic N) is 7. The van der Waals surface area contributed by atoms with Crippen LogP contribution in [0.4, 0.5) is 34.8 Å². The summed E-state index contributed by atoms with van der Waals surface area (Å²) in [5.41, 5.74) is 1.55. The summed E-state index contributed by atoms with van der Waals surface area (Å²) < 4.78 is 7.35. The fraction of sp³-hybridized carbons (Fsp3) is 0.200. The smallest absolute Gasteiger partial charge is 0.274 e. The van der Waals surface area contributed by atoms with Crippen molar-refractivity contribution in [3.8, 4) is 0 Å². The normalized spacial score (nSPS) is 13.8. The molecule has 0 aromatic carbocycles. The quantitative estimate of drug-likeness (QED) is 0.345. The van der Waals surface area contributed by atoms with Crippen LogP contribution in [-0.4, -0.2) is 55.6 Å². The molecule has 1 aliphatic heterocycles. The zero-order valence-electron chi connectivity index (χ0n) is 16.9. The van der Waals surface area contributed by atoms with E-state index in [1.165, 1.54) is 18.3 Å². The van der Waals surface area contributed by atoms with Crippen LogP contribution in [0.1, 0.15) is 0 Å². The van der Waals surface area contributed by atoms with E-state index in [4.69, 9.17) is 4.74 Å². The minimum absolute atomic E-state index is 0.0711. The van der Waals surface area contributed by atoms with Gasteiger partial charge in [0, 0.05) is 61.8 Å². The summed E-state index contributed by atoms with van der Waals surface area (Å²) in [5.74, 6) is 1.82. The molecule has 0 spiro atoms. The van der Waals surface area contributed by atoms with Crippen molar-refractivity contribution in [2.45, 2.75) is 0 Å². The Bertz CT molecular complexity index is 1270. The Morgan fingerprint density at radius 2 is 1.84 bits per heavy atom. The Kier molecular flexibility index (Phi) is 5.17. The first-order valence-electron chi connectivity index (χ1n) is 9.93. The fourth-order valence-corrected chi connectivity index (χ4v) is 3.36. The number of anilines is 5. The number of morpholine rings is 1. The molecular formula is C20H19N9O3. The van der Waals surface area contributed by atoms with Crippen LogP contribution in [0.15, 0.2) is 55.1 Å². The first-order chi connectivity index (χ1) is 15.6. The molecule has 1 aliphatic rings. The molecule has 1 fully saturated rings. The fourth-order valence-electron chi connectivity index (χ4n) is 3.36. The summed E-state index contributed by atoms with van der Waals surface area (Å²) in [4.78, 5) is 30.3. The van der Waals surface area contributed by atoms with Crippen LogP contribution in [0.5, 0.6) is 0 Å². The molecule has 1 saturated heterocycles. The molecule has 5 rings (SSSR count). The second-order valence-electron chi connectivity index (χ2n) is 7.05. The van der Waals surface area contributed by atoms with Gasteiger partial charge < -0.3 is 24.7 Å². The van der Waals surface area contributed by atoms with Crippen LogP contribution in [0.3, 0.4) is 0 Å². The Labute approximate surface area is 182 Å². The third-order valence-electron chi connectivity index (χ3n) is 4.91. The second-order valence-corrected chi connectivity index (χ2v) is 7.05. The number of pyridine rings is 2. The maximum Gasteiger partial charge on any atom is 0.274 e. The van der Waals surface area contributed by atoms with Gasteiger partial charge in [-0.3, -0.25) is 10.1 Å². The highest BCUT2D eigenvalue weighted by molar-refractivity contribution is 5.66. The van der Waals surface area contributed by atoms with Crippen LogP contribution in [0.2, 0.25) is 0 Å². The van der Waals surface area contributed by atoms with E-state index in [-0.39, 0.29) is 17.5 Å². The van der Waals surface area contributed by atoms with Crippen molar-refractivity contribution in [3.05, 3.63) is 65.2 Å². The van der Waals surface area contributed by atoms with Gasteiger partial charge in [-0.1, -0.05) is 0 Å². The lowest BCUT2D eigenvalue weighted by molar-refractivity contribution is -0.384. The van der Waals surface area contributed by atoms with E-state index in [1.54, 1.807) is 6.20 Å². The molecule has 32 heavy (non-hydrogen) atoms. The zero-order valence-corrected chi connectivity index (χ0v) is 16.9. The summed E-state index contributed by atoms with van der Waals surface area (Å²) in [5, 5.41) is 17.3. The van der Waals surface area contributed by atoms with Crippen LogP contribution >= 0.6 is 0 Å². The van der Waals surface area contributed by atoms with E-state index < -0.39 is 4.92 Å². The van der Waals surface area contributed by atoms with Gasteiger partial charge in [-0.05, 0) is 6.07 Å². The van der Waals surface area contributed by atoms with Gasteiger partial charge in [0.25, 0.3) is 5.69 Å². The Hall–Kier alpha value is -4.32. The molecule has 0 aliphatic carbocycles. The van der Waals surface area contributed by atoms with Gasteiger partial charge in [-0.2, -0.15) is 9.97 Å². The molecular weight excluding hydrogens is 414 g/mol. The van der Waals surface area contributed by atoms with Crippen molar-refractivity contribution in [3.63, 3.8) is 0 Å². The number of nitrogens with one attached hydrogen (secondary N) is 2. The summed E-state index contributed by atoms with van der Waals surface area (Å²) in [6.45, 7) is 2.62. The highest BCUT2D eigenvalue weighted by Crippen LogP contribution is 2.25. The van der Waals surface area contributed by atoms with Crippen LogP contribution < -0.4 is 15.5 Å². The highest BCUT2D eigenvalue weighted by Gasteiger charge is 2.16. The summed E-state index contributed by atoms with van der Waals surface area (Å²) in [7, 11) is 0. The molecule has 4 aromatic heterocycles. The average molecular weight is 433 g/mol. The molecule has 0 radical (unpaired) electrons. The third-order valence-corrected chi connectivity index (χ3v) is 4.91. The number of aromatic nitrogens is 5. The van der Waals surface area contributed by atoms with Crippen molar-refractivity contribution >= 4 is 40.4 Å². The minimum atomic E-state index is -0.476. The molecule has 0 amide bonds. The number of ether oxygens (including phenoxy) is 1. The second kappa shape index (κ2) is 8.43. The molecule has 0 atom stereocenters. The number of hydrogen-bond acceptors (Lipinski definition) is 10. The standard InChI is InChI=1S/C20H19N9O3/c30-29(31)15-1-3-21-16(12-15)24-20-25-17(13-19(26-20)28-7-9-32-10-8-28)23-14-2-5-27-6-4-22-18(27)11-14/h1-6,11-13H,7-10H2,(H2,21,23,24,25,26). The van der Waals surface area contributed by atoms with Crippen molar-refractivity contribution in [1.29, 1.82) is 0 Å². The van der Waals surface area contributed by atoms with E-state index in [9.17, 15) is 10.1 Å². The average Bonchev–Trinajstić information content (AvgIpc) is 3.28. The van der Waals surface area contributed by atoms with Gasteiger partial charge in [-0.25, -0.2) is 9.97 Å². The SMILES string of the molecule is O=[N+]([O-])c1ccnc(Nc2nc(Nc3ccn4ccnc4c3)cc(N3CCOCC3)n2)c1. The molecule has 0 saturated carbocycles. The number of fused-ring (bicyclic) bond motifs is 1. The van der Waals surface area contributed by atoms with Gasteiger partial charge in [0.05, 0.1) is 24.2 Å². The van der Waals surface area contributed by atoms with Crippen molar-refractivity contribution in [2.75, 3.05) is 41.8 Å². The predicted octanol–water partition coefficient (Wildman–Crippen LogP) is 2.75. The Morgan fingerprint density at radius 3 is 2.69 bits per heavy atom. The molecule has 4 aromatic rings. The van der Waals surface area contributed by atoms with Gasteiger partial charge in [0.15, 0.2) is 0 Å². The van der Waals surface area contributed by atoms with Crippen molar-refractivity contribution < 1.29 is 9.66 Å². The highest BCUT2D eigenvalue weighted by atomic mass is 16.6. The van der Waals surface area contributed by atoms with E-state index >= 15 is 0 Å². The lowest BCUT2D eigenvalue weighted by Crippen LogP contribution is -2.36. The summed E-state index contributed by atoms with van der Waals surface area (Å²) in [6.07, 6.45) is 6.87. The molecule has 2 N–H and O–H groups in total. The Morgan fingerprint density at radius 1 is 0.969 bits per heavy atom. The maximum absolute atomic E-state index is 11.1. The molecule has 5 heterocycles. The number of rotatable bonds is 6. The molecule has 12 nitrogen and oxygen atoms in total. The molecule has 0 unspecified atom stereocenters. The topological polar surface area (TPSA) is 136 Å².